The van der Waals surface area contributed by atoms with Gasteiger partial charge in [-0.3, -0.25) is 4.99 Å². The number of nitrogens with zero attached hydrogens (tertiary/aromatic N) is 1. The Morgan fingerprint density at radius 2 is 2.27 bits per heavy atom. The van der Waals surface area contributed by atoms with Gasteiger partial charge < -0.3 is 5.11 Å². The van der Waals surface area contributed by atoms with Crippen LogP contribution in [0.1, 0.15) is 20.3 Å². The second kappa shape index (κ2) is 4.96. The van der Waals surface area contributed by atoms with E-state index in [9.17, 15) is 4.79 Å². The number of allylic oxidation sites excluding steroid dienone is 1. The van der Waals surface area contributed by atoms with Crippen molar-refractivity contribution in [1.29, 1.82) is 0 Å². The lowest BCUT2D eigenvalue weighted by molar-refractivity contribution is -0.132. The molecule has 0 radical (unpaired) electrons. The summed E-state index contributed by atoms with van der Waals surface area (Å²) in [6.07, 6.45) is 2.03. The third-order valence-electron chi connectivity index (χ3n) is 1.07. The van der Waals surface area contributed by atoms with Crippen molar-refractivity contribution >= 4 is 24.8 Å². The van der Waals surface area contributed by atoms with E-state index in [1.165, 1.54) is 6.21 Å². The molecule has 0 aliphatic heterocycles. The summed E-state index contributed by atoms with van der Waals surface area (Å²) in [4.78, 5) is 14.6. The molecule has 4 heteroatoms. The average Bonchev–Trinajstić information content (AvgIpc) is 1.98. The highest BCUT2D eigenvalue weighted by molar-refractivity contribution is 7.84. The molecule has 0 heterocycles. The minimum atomic E-state index is -1.03. The lowest BCUT2D eigenvalue weighted by atomic mass is 10.3. The molecule has 0 aliphatic carbocycles. The van der Waals surface area contributed by atoms with Crippen molar-refractivity contribution in [1.82, 2.24) is 0 Å². The highest BCUT2D eigenvalue weighted by atomic mass is 32.1. The summed E-state index contributed by atoms with van der Waals surface area (Å²) in [7, 11) is 0. The zero-order valence-corrected chi connectivity index (χ0v) is 7.43. The van der Waals surface area contributed by atoms with Gasteiger partial charge in [0.15, 0.2) is 5.70 Å². The van der Waals surface area contributed by atoms with Crippen molar-refractivity contribution in [2.45, 2.75) is 20.3 Å². The summed E-state index contributed by atoms with van der Waals surface area (Å²) < 4.78 is 0. The molecule has 0 aromatic carbocycles. The number of aliphatic carboxylic acids is 1. The Balaban J connectivity index is 4.72. The Morgan fingerprint density at radius 3 is 2.55 bits per heavy atom. The maximum atomic E-state index is 10.5. The van der Waals surface area contributed by atoms with Crippen LogP contribution < -0.4 is 0 Å². The number of hydrogen-bond acceptors (Lipinski definition) is 3. The fourth-order valence-electron chi connectivity index (χ4n) is 0.550. The summed E-state index contributed by atoms with van der Waals surface area (Å²) in [6, 6.07) is 0. The van der Waals surface area contributed by atoms with Gasteiger partial charge >= 0.3 is 5.97 Å². The number of carbonyl (C=O) groups is 1. The van der Waals surface area contributed by atoms with Crippen LogP contribution in [0.2, 0.25) is 0 Å². The number of hydrogen-bond donors (Lipinski definition) is 2. The number of carboxylic acid groups (broad SMARTS) is 1. The molecule has 0 rings (SSSR count). The van der Waals surface area contributed by atoms with Crippen LogP contribution in [0.4, 0.5) is 0 Å². The predicted molar refractivity (Wildman–Crippen MR) is 48.1 cm³/mol. The molecular formula is C7H11NO2S. The average molecular weight is 173 g/mol. The van der Waals surface area contributed by atoms with E-state index < -0.39 is 5.97 Å². The van der Waals surface area contributed by atoms with Crippen LogP contribution >= 0.6 is 12.6 Å². The van der Waals surface area contributed by atoms with Gasteiger partial charge in [-0.15, -0.1) is 12.6 Å². The minimum Gasteiger partial charge on any atom is -0.476 e. The first-order valence-corrected chi connectivity index (χ1v) is 3.72. The van der Waals surface area contributed by atoms with Gasteiger partial charge in [0.05, 0.1) is 0 Å². The lowest BCUT2D eigenvalue weighted by Gasteiger charge is -1.97. The molecule has 1 N–H and O–H groups in total. The molecule has 3 nitrogen and oxygen atoms in total. The van der Waals surface area contributed by atoms with E-state index in [2.05, 4.69) is 17.6 Å². The van der Waals surface area contributed by atoms with E-state index in [1.807, 2.05) is 6.92 Å². The van der Waals surface area contributed by atoms with Gasteiger partial charge in [-0.1, -0.05) is 6.92 Å². The first kappa shape index (κ1) is 10.2. The summed E-state index contributed by atoms with van der Waals surface area (Å²) in [5, 5.41) is 8.59. The van der Waals surface area contributed by atoms with Crippen LogP contribution in [-0.4, -0.2) is 17.3 Å². The third kappa shape index (κ3) is 3.23. The molecule has 0 atom stereocenters. The Hall–Kier alpha value is -0.770. The van der Waals surface area contributed by atoms with Gasteiger partial charge in [0.2, 0.25) is 0 Å². The van der Waals surface area contributed by atoms with Crippen molar-refractivity contribution in [2.75, 3.05) is 0 Å². The van der Waals surface area contributed by atoms with E-state index in [0.717, 1.165) is 0 Å². The molecule has 62 valence electrons. The number of aliphatic imine (C=N–C) groups is 1. The zero-order chi connectivity index (χ0) is 8.85. The molecule has 0 aromatic heterocycles. The molecular weight excluding hydrogens is 162 g/mol. The largest absolute Gasteiger partial charge is 0.476 e. The van der Waals surface area contributed by atoms with Gasteiger partial charge in [-0.25, -0.2) is 4.79 Å². The second-order valence-electron chi connectivity index (χ2n) is 1.84. The molecule has 11 heavy (non-hydrogen) atoms. The fraction of sp³-hybridized carbons (Fsp3) is 0.429. The van der Waals surface area contributed by atoms with Crippen molar-refractivity contribution in [3.63, 3.8) is 0 Å². The van der Waals surface area contributed by atoms with Gasteiger partial charge in [-0.2, -0.15) is 0 Å². The molecule has 0 bridgehead atoms. The Bertz CT molecular complexity index is 208. The van der Waals surface area contributed by atoms with Crippen LogP contribution in [0.5, 0.6) is 0 Å². The normalized spacial score (nSPS) is 13.4. The maximum Gasteiger partial charge on any atom is 0.355 e. The zero-order valence-electron chi connectivity index (χ0n) is 6.53. The molecule has 0 saturated carbocycles. The van der Waals surface area contributed by atoms with Crippen molar-refractivity contribution in [3.05, 3.63) is 10.6 Å². The predicted octanol–water partition coefficient (Wildman–Crippen LogP) is 1.71. The summed E-state index contributed by atoms with van der Waals surface area (Å²) in [6.45, 7) is 3.50. The topological polar surface area (TPSA) is 49.7 Å². The van der Waals surface area contributed by atoms with E-state index in [1.54, 1.807) is 6.92 Å². The highest BCUT2D eigenvalue weighted by Gasteiger charge is 2.07. The van der Waals surface area contributed by atoms with Crippen LogP contribution in [0.25, 0.3) is 0 Å². The number of rotatable bonds is 3. The van der Waals surface area contributed by atoms with Crippen LogP contribution in [0.3, 0.4) is 0 Å². The van der Waals surface area contributed by atoms with E-state index in [0.29, 0.717) is 11.3 Å². The third-order valence-corrected chi connectivity index (χ3v) is 1.60. The smallest absolute Gasteiger partial charge is 0.355 e. The first-order valence-electron chi connectivity index (χ1n) is 3.27. The highest BCUT2D eigenvalue weighted by Crippen LogP contribution is 2.13. The molecule has 0 saturated heterocycles. The first-order chi connectivity index (χ1) is 5.13. The van der Waals surface area contributed by atoms with Gasteiger partial charge in [0.1, 0.15) is 0 Å². The quantitative estimate of drug-likeness (QED) is 0.388. The van der Waals surface area contributed by atoms with Gasteiger partial charge in [-0.05, 0) is 13.3 Å². The summed E-state index contributed by atoms with van der Waals surface area (Å²) in [5.74, 6) is -1.03. The van der Waals surface area contributed by atoms with Crippen LogP contribution in [0, 0.1) is 0 Å². The van der Waals surface area contributed by atoms with E-state index >= 15 is 0 Å². The molecule has 0 amide bonds. The SMILES string of the molecule is CC=N/C(C(=O)O)=C(\S)CC. The van der Waals surface area contributed by atoms with Crippen LogP contribution in [-0.2, 0) is 4.79 Å². The number of thiol groups is 1. The van der Waals surface area contributed by atoms with Gasteiger partial charge in [0, 0.05) is 11.1 Å². The minimum absolute atomic E-state index is 0.0262. The van der Waals surface area contributed by atoms with Gasteiger partial charge in [0.25, 0.3) is 0 Å². The standard InChI is InChI=1S/C7H11NO2S/c1-3-5(11)6(7(9)10)8-4-2/h4,11H,3H2,1-2H3,(H,9,10)/b6-5-,8-4?. The van der Waals surface area contributed by atoms with E-state index in [4.69, 9.17) is 5.11 Å². The lowest BCUT2D eigenvalue weighted by Crippen LogP contribution is -1.99. The Labute approximate surface area is 71.2 Å². The molecule has 0 unspecified atom stereocenters. The van der Waals surface area contributed by atoms with Crippen LogP contribution in [0.15, 0.2) is 15.6 Å². The van der Waals surface area contributed by atoms with E-state index in [-0.39, 0.29) is 5.70 Å². The maximum absolute atomic E-state index is 10.5. The number of carboxylic acids is 1. The molecule has 0 aromatic rings. The monoisotopic (exact) mass is 173 g/mol. The fourth-order valence-corrected chi connectivity index (χ4v) is 0.703. The Kier molecular flexibility index (Phi) is 4.61. The van der Waals surface area contributed by atoms with Crippen molar-refractivity contribution < 1.29 is 9.90 Å². The molecule has 0 fully saturated rings. The second-order valence-corrected chi connectivity index (χ2v) is 2.38. The van der Waals surface area contributed by atoms with Crippen molar-refractivity contribution in [3.8, 4) is 0 Å². The molecule has 0 spiro atoms. The van der Waals surface area contributed by atoms with Crippen molar-refractivity contribution in [2.24, 2.45) is 4.99 Å². The molecule has 0 aliphatic rings. The Morgan fingerprint density at radius 1 is 1.73 bits per heavy atom. The summed E-state index contributed by atoms with van der Waals surface area (Å²) >= 11 is 3.98. The summed E-state index contributed by atoms with van der Waals surface area (Å²) in [5.41, 5.74) is 0.0262.